The molecule has 3 nitrogen and oxygen atoms in total. The number of fused-ring (bicyclic) bond motifs is 1. The number of quaternary nitrogens is 1. The van der Waals surface area contributed by atoms with Crippen LogP contribution < -0.4 is 14.8 Å². The van der Waals surface area contributed by atoms with Crippen molar-refractivity contribution in [2.24, 2.45) is 0 Å². The molecule has 1 heterocycles. The van der Waals surface area contributed by atoms with Gasteiger partial charge in [0.1, 0.15) is 6.54 Å². The number of hydrogen-bond donors (Lipinski definition) is 1. The molecule has 0 saturated carbocycles. The van der Waals surface area contributed by atoms with Crippen molar-refractivity contribution in [2.45, 2.75) is 19.9 Å². The Kier molecular flexibility index (Phi) is 2.89. The second-order valence-electron chi connectivity index (χ2n) is 3.47. The van der Waals surface area contributed by atoms with E-state index in [9.17, 15) is 0 Å². The number of hydrogen-bond acceptors (Lipinski definition) is 2. The fourth-order valence-electron chi connectivity index (χ4n) is 1.54. The second-order valence-corrected chi connectivity index (χ2v) is 3.47. The third-order valence-electron chi connectivity index (χ3n) is 2.31. The molecule has 0 saturated heterocycles. The molecule has 0 aliphatic carbocycles. The summed E-state index contributed by atoms with van der Waals surface area (Å²) in [7, 11) is 0. The predicted octanol–water partition coefficient (Wildman–Crippen LogP) is 0.889. The average Bonchev–Trinajstić information content (AvgIpc) is 2.65. The van der Waals surface area contributed by atoms with Crippen LogP contribution in [-0.2, 0) is 6.54 Å². The molecule has 0 fully saturated rings. The molecule has 0 bridgehead atoms. The zero-order valence-corrected chi connectivity index (χ0v) is 8.45. The van der Waals surface area contributed by atoms with E-state index in [1.54, 1.807) is 0 Å². The molecule has 14 heavy (non-hydrogen) atoms. The van der Waals surface area contributed by atoms with E-state index in [-0.39, 0.29) is 0 Å². The van der Waals surface area contributed by atoms with Gasteiger partial charge in [-0.05, 0) is 24.6 Å². The lowest BCUT2D eigenvalue weighted by molar-refractivity contribution is -0.670. The molecule has 0 amide bonds. The van der Waals surface area contributed by atoms with Gasteiger partial charge < -0.3 is 14.8 Å². The van der Waals surface area contributed by atoms with E-state index < -0.39 is 0 Å². The molecule has 2 N–H and O–H groups in total. The van der Waals surface area contributed by atoms with Crippen molar-refractivity contribution in [3.8, 4) is 11.5 Å². The summed E-state index contributed by atoms with van der Waals surface area (Å²) in [5, 5.41) is 2.30. The normalized spacial score (nSPS) is 13.2. The first-order valence-corrected chi connectivity index (χ1v) is 5.10. The fraction of sp³-hybridized carbons (Fsp3) is 0.455. The van der Waals surface area contributed by atoms with E-state index in [0.29, 0.717) is 6.79 Å². The minimum Gasteiger partial charge on any atom is -0.454 e. The summed E-state index contributed by atoms with van der Waals surface area (Å²) >= 11 is 0. The van der Waals surface area contributed by atoms with Gasteiger partial charge in [0, 0.05) is 5.56 Å². The van der Waals surface area contributed by atoms with E-state index >= 15 is 0 Å². The smallest absolute Gasteiger partial charge is 0.231 e. The summed E-state index contributed by atoms with van der Waals surface area (Å²) in [4.78, 5) is 0. The molecule has 0 radical (unpaired) electrons. The molecule has 0 aromatic heterocycles. The van der Waals surface area contributed by atoms with Gasteiger partial charge in [-0.25, -0.2) is 0 Å². The minimum atomic E-state index is 0.359. The Labute approximate surface area is 84.0 Å². The number of rotatable bonds is 4. The Morgan fingerprint density at radius 3 is 3.00 bits per heavy atom. The van der Waals surface area contributed by atoms with E-state index in [0.717, 1.165) is 18.0 Å². The Bertz CT molecular complexity index is 312. The maximum absolute atomic E-state index is 5.31. The molecule has 76 valence electrons. The van der Waals surface area contributed by atoms with Crippen LogP contribution in [0, 0.1) is 0 Å². The van der Waals surface area contributed by atoms with Gasteiger partial charge in [0.25, 0.3) is 0 Å². The molecule has 3 heteroatoms. The van der Waals surface area contributed by atoms with Gasteiger partial charge in [-0.3, -0.25) is 0 Å². The quantitative estimate of drug-likeness (QED) is 0.722. The second kappa shape index (κ2) is 4.33. The molecular weight excluding hydrogens is 178 g/mol. The molecule has 1 aliphatic heterocycles. The lowest BCUT2D eigenvalue weighted by atomic mass is 10.2. The highest BCUT2D eigenvalue weighted by Crippen LogP contribution is 2.32. The Morgan fingerprint density at radius 1 is 1.29 bits per heavy atom. The molecule has 0 atom stereocenters. The van der Waals surface area contributed by atoms with Crippen molar-refractivity contribution < 1.29 is 14.8 Å². The van der Waals surface area contributed by atoms with E-state index in [1.165, 1.54) is 18.5 Å². The van der Waals surface area contributed by atoms with Gasteiger partial charge in [0.15, 0.2) is 11.5 Å². The zero-order chi connectivity index (χ0) is 9.80. The third kappa shape index (κ3) is 1.99. The molecule has 0 spiro atoms. The lowest BCUT2D eigenvalue weighted by Gasteiger charge is -2.01. The number of ether oxygens (including phenoxy) is 2. The van der Waals surface area contributed by atoms with Crippen LogP contribution >= 0.6 is 0 Å². The van der Waals surface area contributed by atoms with Crippen molar-refractivity contribution in [2.75, 3.05) is 13.3 Å². The highest BCUT2D eigenvalue weighted by molar-refractivity contribution is 5.44. The summed E-state index contributed by atoms with van der Waals surface area (Å²) in [6.07, 6.45) is 1.21. The maximum Gasteiger partial charge on any atom is 0.231 e. The Hall–Kier alpha value is -1.22. The van der Waals surface area contributed by atoms with Crippen LogP contribution in [0.1, 0.15) is 18.9 Å². The summed E-state index contributed by atoms with van der Waals surface area (Å²) < 4.78 is 10.6. The molecule has 1 aromatic rings. The molecule has 1 aliphatic rings. The minimum absolute atomic E-state index is 0.359. The van der Waals surface area contributed by atoms with E-state index in [4.69, 9.17) is 9.47 Å². The van der Waals surface area contributed by atoms with Gasteiger partial charge in [0.2, 0.25) is 6.79 Å². The zero-order valence-electron chi connectivity index (χ0n) is 8.45. The number of nitrogens with two attached hydrogens (primary N) is 1. The van der Waals surface area contributed by atoms with Crippen molar-refractivity contribution in [1.82, 2.24) is 0 Å². The molecular formula is C11H16NO2+. The average molecular weight is 194 g/mol. The first-order chi connectivity index (χ1) is 6.90. The summed E-state index contributed by atoms with van der Waals surface area (Å²) in [6, 6.07) is 6.14. The van der Waals surface area contributed by atoms with E-state index in [1.807, 2.05) is 6.07 Å². The topological polar surface area (TPSA) is 35.1 Å². The van der Waals surface area contributed by atoms with Crippen LogP contribution in [0.2, 0.25) is 0 Å². The van der Waals surface area contributed by atoms with Crippen molar-refractivity contribution in [3.63, 3.8) is 0 Å². The van der Waals surface area contributed by atoms with Gasteiger partial charge in [-0.15, -0.1) is 0 Å². The van der Waals surface area contributed by atoms with Crippen molar-refractivity contribution in [3.05, 3.63) is 23.8 Å². The highest BCUT2D eigenvalue weighted by atomic mass is 16.7. The maximum atomic E-state index is 5.31. The lowest BCUT2D eigenvalue weighted by Crippen LogP contribution is -2.82. The van der Waals surface area contributed by atoms with Crippen LogP contribution in [0.4, 0.5) is 0 Å². The largest absolute Gasteiger partial charge is 0.454 e. The van der Waals surface area contributed by atoms with E-state index in [2.05, 4.69) is 24.4 Å². The van der Waals surface area contributed by atoms with Crippen LogP contribution in [-0.4, -0.2) is 13.3 Å². The molecule has 0 unspecified atom stereocenters. The Morgan fingerprint density at radius 2 is 2.14 bits per heavy atom. The van der Waals surface area contributed by atoms with Crippen molar-refractivity contribution in [1.29, 1.82) is 0 Å². The number of benzene rings is 1. The third-order valence-corrected chi connectivity index (χ3v) is 2.31. The summed E-state index contributed by atoms with van der Waals surface area (Å²) in [6.45, 7) is 4.74. The van der Waals surface area contributed by atoms with Gasteiger partial charge >= 0.3 is 0 Å². The highest BCUT2D eigenvalue weighted by Gasteiger charge is 2.13. The van der Waals surface area contributed by atoms with Crippen molar-refractivity contribution >= 4 is 0 Å². The van der Waals surface area contributed by atoms with Gasteiger partial charge in [-0.2, -0.15) is 0 Å². The first-order valence-electron chi connectivity index (χ1n) is 5.10. The van der Waals surface area contributed by atoms with Crippen LogP contribution in [0.5, 0.6) is 11.5 Å². The molecule has 1 aromatic carbocycles. The SMILES string of the molecule is CCC[NH2+]Cc1ccc2c(c1)OCO2. The predicted molar refractivity (Wildman–Crippen MR) is 53.4 cm³/mol. The molecule has 2 rings (SSSR count). The summed E-state index contributed by atoms with van der Waals surface area (Å²) in [5.41, 5.74) is 1.29. The summed E-state index contributed by atoms with van der Waals surface area (Å²) in [5.74, 6) is 1.75. The van der Waals surface area contributed by atoms with Crippen LogP contribution in [0.15, 0.2) is 18.2 Å². The Balaban J connectivity index is 1.98. The van der Waals surface area contributed by atoms with Gasteiger partial charge in [-0.1, -0.05) is 6.92 Å². The monoisotopic (exact) mass is 194 g/mol. The van der Waals surface area contributed by atoms with Crippen LogP contribution in [0.3, 0.4) is 0 Å². The standard InChI is InChI=1S/C11H15NO2/c1-2-5-12-7-9-3-4-10-11(6-9)14-8-13-10/h3-4,6,12H,2,5,7-8H2,1H3/p+1. The first kappa shape index (κ1) is 9.34. The van der Waals surface area contributed by atoms with Crippen LogP contribution in [0.25, 0.3) is 0 Å². The van der Waals surface area contributed by atoms with Gasteiger partial charge in [0.05, 0.1) is 6.54 Å². The fourth-order valence-corrected chi connectivity index (χ4v) is 1.54.